The van der Waals surface area contributed by atoms with Crippen LogP contribution in [0.15, 0.2) is 70.1 Å². The molecule has 0 fully saturated rings. The number of methoxy groups -OCH3 is 2. The molecular formula is C26H20O7. The number of fused-ring (bicyclic) bond motifs is 3. The first-order valence-electron chi connectivity index (χ1n) is 10.3. The Bertz CT molecular complexity index is 1430. The van der Waals surface area contributed by atoms with Gasteiger partial charge in [-0.25, -0.2) is 0 Å². The molecule has 0 amide bonds. The van der Waals surface area contributed by atoms with Gasteiger partial charge >= 0.3 is 5.97 Å². The molecule has 1 aliphatic heterocycles. The van der Waals surface area contributed by atoms with Crippen molar-refractivity contribution in [3.8, 4) is 34.1 Å². The van der Waals surface area contributed by atoms with Crippen LogP contribution in [-0.2, 0) is 4.79 Å². The minimum absolute atomic E-state index is 0.0883. The van der Waals surface area contributed by atoms with E-state index in [1.54, 1.807) is 44.6 Å². The van der Waals surface area contributed by atoms with Crippen molar-refractivity contribution in [3.05, 3.63) is 82.2 Å². The molecule has 5 rings (SSSR count). The molecule has 0 saturated heterocycles. The fourth-order valence-electron chi connectivity index (χ4n) is 4.25. The maximum absolute atomic E-state index is 13.3. The number of benzene rings is 3. The lowest BCUT2D eigenvalue weighted by molar-refractivity contribution is -0.135. The second-order valence-corrected chi connectivity index (χ2v) is 7.72. The van der Waals surface area contributed by atoms with Crippen LogP contribution in [0, 0.1) is 0 Å². The number of phenols is 1. The lowest BCUT2D eigenvalue weighted by atomic mass is 9.85. The molecule has 0 spiro atoms. The van der Waals surface area contributed by atoms with Gasteiger partial charge in [-0.2, -0.15) is 0 Å². The van der Waals surface area contributed by atoms with Gasteiger partial charge in [0.2, 0.25) is 5.43 Å². The van der Waals surface area contributed by atoms with Gasteiger partial charge in [0.05, 0.1) is 31.6 Å². The predicted molar refractivity (Wildman–Crippen MR) is 121 cm³/mol. The van der Waals surface area contributed by atoms with Crippen LogP contribution in [-0.4, -0.2) is 25.3 Å². The fourth-order valence-corrected chi connectivity index (χ4v) is 4.25. The van der Waals surface area contributed by atoms with Crippen molar-refractivity contribution in [2.75, 3.05) is 14.2 Å². The number of aromatic hydroxyl groups is 1. The van der Waals surface area contributed by atoms with Gasteiger partial charge < -0.3 is 23.7 Å². The first kappa shape index (κ1) is 20.6. The van der Waals surface area contributed by atoms with Crippen LogP contribution in [0.4, 0.5) is 0 Å². The average Bonchev–Trinajstić information content (AvgIpc) is 2.83. The molecule has 1 unspecified atom stereocenters. The molecule has 0 radical (unpaired) electrons. The first-order chi connectivity index (χ1) is 16.0. The molecule has 7 nitrogen and oxygen atoms in total. The molecule has 33 heavy (non-hydrogen) atoms. The van der Waals surface area contributed by atoms with Gasteiger partial charge in [0, 0.05) is 11.5 Å². The van der Waals surface area contributed by atoms with E-state index in [1.165, 1.54) is 18.4 Å². The van der Waals surface area contributed by atoms with Crippen molar-refractivity contribution in [2.45, 2.75) is 12.3 Å². The molecule has 0 saturated carbocycles. The van der Waals surface area contributed by atoms with Gasteiger partial charge in [0.15, 0.2) is 11.5 Å². The van der Waals surface area contributed by atoms with Crippen molar-refractivity contribution in [3.63, 3.8) is 0 Å². The summed E-state index contributed by atoms with van der Waals surface area (Å²) in [5.41, 5.74) is 2.60. The van der Waals surface area contributed by atoms with E-state index in [0.29, 0.717) is 44.9 Å². The summed E-state index contributed by atoms with van der Waals surface area (Å²) < 4.78 is 22.2. The topological polar surface area (TPSA) is 95.2 Å². The molecule has 1 aromatic heterocycles. The van der Waals surface area contributed by atoms with E-state index in [9.17, 15) is 14.7 Å². The Balaban J connectivity index is 1.70. The highest BCUT2D eigenvalue weighted by Gasteiger charge is 2.32. The summed E-state index contributed by atoms with van der Waals surface area (Å²) in [5.74, 6) is 0.809. The number of carbonyl (C=O) groups is 1. The molecule has 1 aliphatic rings. The Kier molecular flexibility index (Phi) is 5.01. The molecule has 166 valence electrons. The van der Waals surface area contributed by atoms with Gasteiger partial charge in [-0.05, 0) is 47.5 Å². The van der Waals surface area contributed by atoms with Crippen molar-refractivity contribution in [1.82, 2.24) is 0 Å². The summed E-state index contributed by atoms with van der Waals surface area (Å²) in [7, 11) is 3.10. The zero-order chi connectivity index (χ0) is 23.1. The highest BCUT2D eigenvalue weighted by atomic mass is 16.5. The lowest BCUT2D eigenvalue weighted by Gasteiger charge is -2.26. The first-order valence-corrected chi connectivity index (χ1v) is 10.3. The third kappa shape index (κ3) is 3.47. The average molecular weight is 444 g/mol. The van der Waals surface area contributed by atoms with Crippen molar-refractivity contribution in [1.29, 1.82) is 0 Å². The highest BCUT2D eigenvalue weighted by molar-refractivity contribution is 5.90. The number of hydrogen-bond acceptors (Lipinski definition) is 7. The lowest BCUT2D eigenvalue weighted by Crippen LogP contribution is -2.22. The second-order valence-electron chi connectivity index (χ2n) is 7.72. The normalized spacial score (nSPS) is 15.1. The van der Waals surface area contributed by atoms with E-state index >= 15 is 0 Å². The monoisotopic (exact) mass is 444 g/mol. The smallest absolute Gasteiger partial charge is 0.312 e. The van der Waals surface area contributed by atoms with Crippen LogP contribution in [0.3, 0.4) is 0 Å². The minimum Gasteiger partial charge on any atom is -0.508 e. The summed E-state index contributed by atoms with van der Waals surface area (Å²) in [4.78, 5) is 25.7. The number of rotatable bonds is 4. The third-order valence-corrected chi connectivity index (χ3v) is 5.87. The third-order valence-electron chi connectivity index (χ3n) is 5.87. The van der Waals surface area contributed by atoms with Gasteiger partial charge in [0.1, 0.15) is 23.3 Å². The quantitative estimate of drug-likeness (QED) is 0.362. The number of hydrogen-bond donors (Lipinski definition) is 1. The van der Waals surface area contributed by atoms with Crippen LogP contribution in [0.2, 0.25) is 0 Å². The summed E-state index contributed by atoms with van der Waals surface area (Å²) in [6.07, 6.45) is 1.49. The van der Waals surface area contributed by atoms with Crippen molar-refractivity contribution in [2.24, 2.45) is 0 Å². The Hall–Kier alpha value is -4.26. The fraction of sp³-hybridized carbons (Fsp3) is 0.154. The van der Waals surface area contributed by atoms with Crippen LogP contribution in [0.5, 0.6) is 23.0 Å². The Morgan fingerprint density at radius 2 is 1.70 bits per heavy atom. The second kappa shape index (κ2) is 8.02. The van der Waals surface area contributed by atoms with E-state index in [-0.39, 0.29) is 23.6 Å². The van der Waals surface area contributed by atoms with Gasteiger partial charge in [0.25, 0.3) is 0 Å². The molecule has 0 aliphatic carbocycles. The van der Waals surface area contributed by atoms with Crippen LogP contribution < -0.4 is 19.6 Å². The zero-order valence-corrected chi connectivity index (χ0v) is 18.0. The van der Waals surface area contributed by atoms with Crippen LogP contribution in [0.1, 0.15) is 23.5 Å². The van der Waals surface area contributed by atoms with Crippen molar-refractivity contribution >= 4 is 16.9 Å². The maximum atomic E-state index is 13.3. The van der Waals surface area contributed by atoms with E-state index in [2.05, 4.69) is 0 Å². The minimum atomic E-state index is -0.396. The van der Waals surface area contributed by atoms with E-state index in [1.807, 2.05) is 12.1 Å². The molecule has 1 atom stereocenters. The maximum Gasteiger partial charge on any atom is 0.312 e. The number of phenolic OH excluding ortho intramolecular Hbond substituents is 1. The van der Waals surface area contributed by atoms with Crippen molar-refractivity contribution < 1.29 is 28.5 Å². The number of esters is 1. The van der Waals surface area contributed by atoms with Gasteiger partial charge in [-0.3, -0.25) is 9.59 Å². The molecular weight excluding hydrogens is 424 g/mol. The Morgan fingerprint density at radius 3 is 2.42 bits per heavy atom. The summed E-state index contributed by atoms with van der Waals surface area (Å²) in [6.45, 7) is 0. The summed E-state index contributed by atoms with van der Waals surface area (Å²) >= 11 is 0. The number of ether oxygens (including phenoxy) is 3. The van der Waals surface area contributed by atoms with E-state index in [0.717, 1.165) is 5.56 Å². The molecule has 0 bridgehead atoms. The highest BCUT2D eigenvalue weighted by Crippen LogP contribution is 2.44. The summed E-state index contributed by atoms with van der Waals surface area (Å²) in [5, 5.41) is 9.92. The van der Waals surface area contributed by atoms with Gasteiger partial charge in [-0.15, -0.1) is 0 Å². The molecule has 3 aromatic carbocycles. The zero-order valence-electron chi connectivity index (χ0n) is 18.0. The SMILES string of the molecule is COc1ccc(C2CC(=O)Oc3ccc4c(=O)c(-c5ccc(O)cc5)coc4c32)cc1OC. The predicted octanol–water partition coefficient (Wildman–Crippen LogP) is 4.62. The van der Waals surface area contributed by atoms with Crippen LogP contribution >= 0.6 is 0 Å². The summed E-state index contributed by atoms with van der Waals surface area (Å²) in [6, 6.07) is 15.0. The molecule has 4 aromatic rings. The van der Waals surface area contributed by atoms with Gasteiger partial charge in [-0.1, -0.05) is 18.2 Å². The molecule has 2 heterocycles. The Labute approximate surface area is 188 Å². The molecule has 1 N–H and O–H groups in total. The molecule has 7 heteroatoms. The van der Waals surface area contributed by atoms with E-state index < -0.39 is 5.92 Å². The largest absolute Gasteiger partial charge is 0.508 e. The number of carbonyl (C=O) groups excluding carboxylic acids is 1. The van der Waals surface area contributed by atoms with Crippen LogP contribution in [0.25, 0.3) is 22.1 Å². The standard InChI is InChI=1S/C26H20O7/c1-30-20-9-5-15(11-22(20)31-2)18-12-23(28)33-21-10-8-17-25(29)19(13-32-26(17)24(18)21)14-3-6-16(27)7-4-14/h3-11,13,18,27H,12H2,1-2H3. The van der Waals surface area contributed by atoms with E-state index in [4.69, 9.17) is 18.6 Å². The Morgan fingerprint density at radius 1 is 0.939 bits per heavy atom.